The topological polar surface area (TPSA) is 89.5 Å². The monoisotopic (exact) mass is 249 g/mol. The number of nitrogen functional groups attached to an aromatic ring is 1. The fourth-order valence-electron chi connectivity index (χ4n) is 1.83. The molecule has 2 N–H and O–H groups in total. The van der Waals surface area contributed by atoms with Crippen LogP contribution in [0.4, 0.5) is 11.4 Å². The van der Waals surface area contributed by atoms with E-state index in [1.54, 1.807) is 11.9 Å². The fourth-order valence-corrected chi connectivity index (χ4v) is 1.83. The van der Waals surface area contributed by atoms with Crippen molar-refractivity contribution in [3.63, 3.8) is 0 Å². The number of hydrogen-bond donors (Lipinski definition) is 1. The second kappa shape index (κ2) is 4.64. The minimum absolute atomic E-state index is 0.0707. The van der Waals surface area contributed by atoms with E-state index in [0.29, 0.717) is 18.0 Å². The number of anilines is 1. The van der Waals surface area contributed by atoms with E-state index in [1.807, 2.05) is 0 Å². The van der Waals surface area contributed by atoms with Gasteiger partial charge in [0.15, 0.2) is 0 Å². The van der Waals surface area contributed by atoms with Crippen LogP contribution >= 0.6 is 0 Å². The summed E-state index contributed by atoms with van der Waals surface area (Å²) in [5, 5.41) is 10.8. The lowest BCUT2D eigenvalue weighted by molar-refractivity contribution is -0.383. The Balaban J connectivity index is 2.18. The van der Waals surface area contributed by atoms with Crippen molar-refractivity contribution < 1.29 is 9.72 Å². The average molecular weight is 249 g/mol. The molecule has 2 rings (SSSR count). The third-order valence-corrected chi connectivity index (χ3v) is 3.05. The SMILES string of the molecule is CN(CC1CC1)C(=O)c1ccc(N)c([N+](=O)[O-])c1. The maximum absolute atomic E-state index is 12.1. The molecule has 0 radical (unpaired) electrons. The molecule has 1 saturated carbocycles. The molecule has 6 nitrogen and oxygen atoms in total. The van der Waals surface area contributed by atoms with Gasteiger partial charge in [-0.25, -0.2) is 0 Å². The van der Waals surface area contributed by atoms with Crippen LogP contribution in [-0.2, 0) is 0 Å². The molecule has 0 aliphatic heterocycles. The third-order valence-electron chi connectivity index (χ3n) is 3.05. The number of hydrogen-bond acceptors (Lipinski definition) is 4. The highest BCUT2D eigenvalue weighted by Gasteiger charge is 2.26. The lowest BCUT2D eigenvalue weighted by Gasteiger charge is -2.16. The van der Waals surface area contributed by atoms with Crippen LogP contribution in [0.2, 0.25) is 0 Å². The molecule has 6 heteroatoms. The molecule has 1 fully saturated rings. The molecular formula is C12H15N3O3. The lowest BCUT2D eigenvalue weighted by atomic mass is 10.1. The summed E-state index contributed by atoms with van der Waals surface area (Å²) in [6.45, 7) is 0.705. The molecule has 0 spiro atoms. The molecule has 0 atom stereocenters. The van der Waals surface area contributed by atoms with Gasteiger partial charge in [0.25, 0.3) is 11.6 Å². The molecule has 1 aromatic carbocycles. The molecule has 0 unspecified atom stereocenters. The Kier molecular flexibility index (Phi) is 3.18. The number of rotatable bonds is 4. The minimum Gasteiger partial charge on any atom is -0.393 e. The maximum Gasteiger partial charge on any atom is 0.292 e. The van der Waals surface area contributed by atoms with Gasteiger partial charge in [-0.1, -0.05) is 0 Å². The number of nitro benzene ring substituents is 1. The van der Waals surface area contributed by atoms with Gasteiger partial charge < -0.3 is 10.6 Å². The number of amides is 1. The van der Waals surface area contributed by atoms with Gasteiger partial charge in [0.1, 0.15) is 5.69 Å². The van der Waals surface area contributed by atoms with Gasteiger partial charge in [0.2, 0.25) is 0 Å². The number of nitrogens with zero attached hydrogens (tertiary/aromatic N) is 2. The Morgan fingerprint density at radius 3 is 2.78 bits per heavy atom. The van der Waals surface area contributed by atoms with Crippen molar-refractivity contribution in [2.75, 3.05) is 19.3 Å². The number of nitro groups is 1. The van der Waals surface area contributed by atoms with Crippen molar-refractivity contribution in [3.8, 4) is 0 Å². The first kappa shape index (κ1) is 12.3. The van der Waals surface area contributed by atoms with Crippen LogP contribution in [0, 0.1) is 16.0 Å². The maximum atomic E-state index is 12.1. The van der Waals surface area contributed by atoms with Gasteiger partial charge in [0, 0.05) is 25.2 Å². The summed E-state index contributed by atoms with van der Waals surface area (Å²) in [6.07, 6.45) is 2.30. The van der Waals surface area contributed by atoms with Crippen LogP contribution in [-0.4, -0.2) is 29.3 Å². The molecular weight excluding hydrogens is 234 g/mol. The summed E-state index contributed by atoms with van der Waals surface area (Å²) in [4.78, 5) is 23.8. The summed E-state index contributed by atoms with van der Waals surface area (Å²) in [5.74, 6) is 0.382. The molecule has 0 bridgehead atoms. The van der Waals surface area contributed by atoms with E-state index in [-0.39, 0.29) is 17.3 Å². The largest absolute Gasteiger partial charge is 0.393 e. The van der Waals surface area contributed by atoms with Crippen molar-refractivity contribution in [1.82, 2.24) is 4.90 Å². The normalized spacial score (nSPS) is 14.3. The van der Waals surface area contributed by atoms with Crippen LogP contribution < -0.4 is 5.73 Å². The smallest absolute Gasteiger partial charge is 0.292 e. The van der Waals surface area contributed by atoms with Crippen LogP contribution in [0.1, 0.15) is 23.2 Å². The number of nitrogens with two attached hydrogens (primary N) is 1. The number of carbonyl (C=O) groups is 1. The predicted molar refractivity (Wildman–Crippen MR) is 67.2 cm³/mol. The van der Waals surface area contributed by atoms with Crippen LogP contribution in [0.5, 0.6) is 0 Å². The first-order valence-electron chi connectivity index (χ1n) is 5.78. The molecule has 1 aliphatic carbocycles. The molecule has 18 heavy (non-hydrogen) atoms. The summed E-state index contributed by atoms with van der Waals surface area (Å²) in [7, 11) is 1.71. The average Bonchev–Trinajstić information content (AvgIpc) is 3.12. The zero-order chi connectivity index (χ0) is 13.3. The second-order valence-electron chi connectivity index (χ2n) is 4.66. The third kappa shape index (κ3) is 2.58. The molecule has 0 aromatic heterocycles. The highest BCUT2D eigenvalue weighted by atomic mass is 16.6. The van der Waals surface area contributed by atoms with E-state index >= 15 is 0 Å². The Bertz CT molecular complexity index is 497. The van der Waals surface area contributed by atoms with Crippen molar-refractivity contribution in [3.05, 3.63) is 33.9 Å². The predicted octanol–water partition coefficient (Wildman–Crippen LogP) is 1.66. The number of benzene rings is 1. The molecule has 1 aromatic rings. The molecule has 1 amide bonds. The van der Waals surface area contributed by atoms with Crippen molar-refractivity contribution >= 4 is 17.3 Å². The van der Waals surface area contributed by atoms with Crippen molar-refractivity contribution in [2.45, 2.75) is 12.8 Å². The number of carbonyl (C=O) groups excluding carboxylic acids is 1. The van der Waals surface area contributed by atoms with Crippen LogP contribution in [0.3, 0.4) is 0 Å². The van der Waals surface area contributed by atoms with E-state index < -0.39 is 4.92 Å². The zero-order valence-corrected chi connectivity index (χ0v) is 10.1. The Morgan fingerprint density at radius 1 is 1.56 bits per heavy atom. The summed E-state index contributed by atoms with van der Waals surface area (Å²) in [5.41, 5.74) is 5.64. The van der Waals surface area contributed by atoms with Crippen molar-refractivity contribution in [2.24, 2.45) is 5.92 Å². The van der Waals surface area contributed by atoms with E-state index in [9.17, 15) is 14.9 Å². The molecule has 96 valence electrons. The van der Waals surface area contributed by atoms with E-state index in [2.05, 4.69) is 0 Å². The Hall–Kier alpha value is -2.11. The zero-order valence-electron chi connectivity index (χ0n) is 10.1. The standard InChI is InChI=1S/C12H15N3O3/c1-14(7-8-2-3-8)12(16)9-4-5-10(13)11(6-9)15(17)18/h4-6,8H,2-3,7,13H2,1H3. The van der Waals surface area contributed by atoms with Crippen molar-refractivity contribution in [1.29, 1.82) is 0 Å². The van der Waals surface area contributed by atoms with E-state index in [4.69, 9.17) is 5.73 Å². The first-order valence-corrected chi connectivity index (χ1v) is 5.78. The van der Waals surface area contributed by atoms with E-state index in [1.165, 1.54) is 18.2 Å². The second-order valence-corrected chi connectivity index (χ2v) is 4.66. The molecule has 0 saturated heterocycles. The Labute approximate surface area is 105 Å². The summed E-state index contributed by atoms with van der Waals surface area (Å²) in [6, 6.07) is 4.16. The first-order chi connectivity index (χ1) is 8.49. The fraction of sp³-hybridized carbons (Fsp3) is 0.417. The molecule has 1 aliphatic rings. The quantitative estimate of drug-likeness (QED) is 0.499. The van der Waals surface area contributed by atoms with Crippen LogP contribution in [0.25, 0.3) is 0 Å². The van der Waals surface area contributed by atoms with Gasteiger partial charge in [-0.2, -0.15) is 0 Å². The summed E-state index contributed by atoms with van der Waals surface area (Å²) >= 11 is 0. The molecule has 0 heterocycles. The Morgan fingerprint density at radius 2 is 2.22 bits per heavy atom. The van der Waals surface area contributed by atoms with Gasteiger partial charge >= 0.3 is 0 Å². The van der Waals surface area contributed by atoms with Gasteiger partial charge in [-0.15, -0.1) is 0 Å². The highest BCUT2D eigenvalue weighted by molar-refractivity contribution is 5.95. The van der Waals surface area contributed by atoms with Gasteiger partial charge in [-0.3, -0.25) is 14.9 Å². The van der Waals surface area contributed by atoms with Gasteiger partial charge in [0.05, 0.1) is 4.92 Å². The minimum atomic E-state index is -0.576. The van der Waals surface area contributed by atoms with E-state index in [0.717, 1.165) is 12.8 Å². The van der Waals surface area contributed by atoms with Crippen LogP contribution in [0.15, 0.2) is 18.2 Å². The summed E-state index contributed by atoms with van der Waals surface area (Å²) < 4.78 is 0. The van der Waals surface area contributed by atoms with Gasteiger partial charge in [-0.05, 0) is 30.9 Å². The lowest BCUT2D eigenvalue weighted by Crippen LogP contribution is -2.28. The highest BCUT2D eigenvalue weighted by Crippen LogP contribution is 2.30.